The van der Waals surface area contributed by atoms with Crippen LogP contribution >= 0.6 is 11.6 Å². The Bertz CT molecular complexity index is 716. The van der Waals surface area contributed by atoms with Gasteiger partial charge in [-0.25, -0.2) is 0 Å². The van der Waals surface area contributed by atoms with Crippen LogP contribution in [-0.2, 0) is 19.1 Å². The van der Waals surface area contributed by atoms with Crippen LogP contribution in [0.2, 0.25) is 13.3 Å². The summed E-state index contributed by atoms with van der Waals surface area (Å²) in [5.74, 6) is -0.417. The Morgan fingerprint density at radius 3 is 1.94 bits per heavy atom. The quantitative estimate of drug-likeness (QED) is 0.0679. The summed E-state index contributed by atoms with van der Waals surface area (Å²) in [5.41, 5.74) is 0.624. The fraction of sp³-hybridized carbons (Fsp3) is 0.655. The van der Waals surface area contributed by atoms with Crippen molar-refractivity contribution in [2.75, 3.05) is 5.88 Å². The summed E-state index contributed by atoms with van der Waals surface area (Å²) in [6.07, 6.45) is 10.8. The molecule has 198 valence electrons. The van der Waals surface area contributed by atoms with E-state index in [2.05, 4.69) is 30.9 Å². The standard InChI is InChI=1S/C17H20ClO4.3C4H9.Sn/c1-3-15(11-7-8-12-18)22-17(20)16(21-13(2)19)14-9-5-4-6-10-14;3*1-3-4-2;/h1,3-6,9-10,15-16H,7-8,11-12H2,2H3;3*1,3-4H2,2H3;/t15-,16+;;;;/m1..../s1. The monoisotopic (exact) mass is 614 g/mol. The third-order valence-corrected chi connectivity index (χ3v) is 20.9. The Hall–Kier alpha value is -1.01. The molecule has 0 N–H and O–H groups in total. The number of unbranched alkanes of at least 4 members (excludes halogenated alkanes) is 4. The van der Waals surface area contributed by atoms with Gasteiger partial charge in [-0.2, -0.15) is 0 Å². The summed E-state index contributed by atoms with van der Waals surface area (Å²) in [4.78, 5) is 25.0. The molecule has 0 fully saturated rings. The van der Waals surface area contributed by atoms with Crippen LogP contribution in [0.3, 0.4) is 0 Å². The molecular weight excluding hydrogens is 566 g/mol. The molecule has 0 aliphatic heterocycles. The Kier molecular flexibility index (Phi) is 17.5. The SMILES string of the molecule is CCC[CH2][Sn](/[CH]=C/[C@H](CCCCCl)OC(=O)[C@@H](OC(C)=O)c1ccccc1)([CH2]CCC)[CH2]CCC. The Morgan fingerprint density at radius 2 is 1.46 bits per heavy atom. The molecule has 1 aromatic rings. The molecule has 0 heterocycles. The molecule has 0 aliphatic rings. The first-order valence-corrected chi connectivity index (χ1v) is 21.8. The van der Waals surface area contributed by atoms with Crippen molar-refractivity contribution in [2.45, 2.75) is 111 Å². The van der Waals surface area contributed by atoms with E-state index in [0.29, 0.717) is 11.4 Å². The van der Waals surface area contributed by atoms with Crippen LogP contribution in [-0.4, -0.2) is 42.3 Å². The Balaban J connectivity index is 3.17. The van der Waals surface area contributed by atoms with Crippen molar-refractivity contribution < 1.29 is 19.1 Å². The van der Waals surface area contributed by atoms with Crippen LogP contribution in [0.4, 0.5) is 0 Å². The molecule has 0 saturated carbocycles. The topological polar surface area (TPSA) is 52.6 Å². The summed E-state index contributed by atoms with van der Waals surface area (Å²) in [7, 11) is 0. The molecule has 0 aliphatic carbocycles. The fourth-order valence-electron chi connectivity index (χ4n) is 4.41. The zero-order chi connectivity index (χ0) is 25.9. The van der Waals surface area contributed by atoms with E-state index < -0.39 is 36.4 Å². The van der Waals surface area contributed by atoms with Gasteiger partial charge in [-0.05, 0) is 0 Å². The molecule has 4 nitrogen and oxygen atoms in total. The molecule has 2 atom stereocenters. The van der Waals surface area contributed by atoms with Crippen molar-refractivity contribution in [3.05, 3.63) is 46.1 Å². The Morgan fingerprint density at radius 1 is 0.886 bits per heavy atom. The zero-order valence-corrected chi connectivity index (χ0v) is 26.0. The molecule has 35 heavy (non-hydrogen) atoms. The van der Waals surface area contributed by atoms with Crippen LogP contribution in [0.25, 0.3) is 0 Å². The number of hydrogen-bond donors (Lipinski definition) is 0. The number of esters is 2. The summed E-state index contributed by atoms with van der Waals surface area (Å²) in [5, 5.41) is 0. The molecule has 0 unspecified atom stereocenters. The number of rotatable bonds is 19. The van der Waals surface area contributed by atoms with Gasteiger partial charge < -0.3 is 0 Å². The molecule has 1 rings (SSSR count). The first-order valence-electron chi connectivity index (χ1n) is 13.6. The summed E-state index contributed by atoms with van der Waals surface area (Å²) >= 11 is 3.41. The second kappa shape index (κ2) is 19.1. The average molecular weight is 614 g/mol. The van der Waals surface area contributed by atoms with Crippen molar-refractivity contribution >= 4 is 41.9 Å². The van der Waals surface area contributed by atoms with Crippen molar-refractivity contribution in [1.82, 2.24) is 0 Å². The third-order valence-electron chi connectivity index (χ3n) is 6.49. The Labute approximate surface area is 223 Å². The van der Waals surface area contributed by atoms with E-state index in [-0.39, 0.29) is 6.10 Å². The minimum atomic E-state index is -2.52. The molecular formula is C29H47ClO4Sn. The van der Waals surface area contributed by atoms with E-state index >= 15 is 0 Å². The molecule has 0 amide bonds. The van der Waals surface area contributed by atoms with E-state index in [1.807, 2.05) is 18.2 Å². The van der Waals surface area contributed by atoms with E-state index in [1.165, 1.54) is 58.8 Å². The van der Waals surface area contributed by atoms with Gasteiger partial charge in [-0.3, -0.25) is 0 Å². The first kappa shape index (κ1) is 32.0. The molecule has 1 aromatic carbocycles. The van der Waals surface area contributed by atoms with Crippen molar-refractivity contribution in [3.8, 4) is 0 Å². The predicted molar refractivity (Wildman–Crippen MR) is 149 cm³/mol. The van der Waals surface area contributed by atoms with Gasteiger partial charge in [-0.15, -0.1) is 0 Å². The van der Waals surface area contributed by atoms with Gasteiger partial charge in [0, 0.05) is 0 Å². The summed E-state index contributed by atoms with van der Waals surface area (Å²) in [6, 6.07) is 9.10. The number of carbonyl (C=O) groups excluding carboxylic acids is 2. The van der Waals surface area contributed by atoms with Crippen LogP contribution < -0.4 is 0 Å². The molecule has 0 spiro atoms. The summed E-state index contributed by atoms with van der Waals surface area (Å²) < 4.78 is 18.0. The second-order valence-corrected chi connectivity index (χ2v) is 23.0. The third kappa shape index (κ3) is 13.2. The maximum absolute atomic E-state index is 13.2. The van der Waals surface area contributed by atoms with Crippen molar-refractivity contribution in [2.24, 2.45) is 0 Å². The van der Waals surface area contributed by atoms with Crippen LogP contribution in [0.5, 0.6) is 0 Å². The van der Waals surface area contributed by atoms with E-state index in [1.54, 1.807) is 12.1 Å². The van der Waals surface area contributed by atoms with Crippen LogP contribution in [0, 0.1) is 0 Å². The number of alkyl halides is 1. The van der Waals surface area contributed by atoms with Gasteiger partial charge in [0.15, 0.2) is 0 Å². The maximum atomic E-state index is 13.2. The molecule has 0 aromatic heterocycles. The normalized spacial score (nSPS) is 13.5. The van der Waals surface area contributed by atoms with Crippen LogP contribution in [0.1, 0.15) is 97.1 Å². The van der Waals surface area contributed by atoms with Gasteiger partial charge in [0.25, 0.3) is 0 Å². The van der Waals surface area contributed by atoms with Gasteiger partial charge >= 0.3 is 224 Å². The average Bonchev–Trinajstić information content (AvgIpc) is 2.86. The summed E-state index contributed by atoms with van der Waals surface area (Å²) in [6.45, 7) is 8.14. The van der Waals surface area contributed by atoms with Crippen LogP contribution in [0.15, 0.2) is 40.5 Å². The molecule has 0 radical (unpaired) electrons. The van der Waals surface area contributed by atoms with Gasteiger partial charge in [0.2, 0.25) is 0 Å². The van der Waals surface area contributed by atoms with E-state index in [0.717, 1.165) is 19.3 Å². The molecule has 0 bridgehead atoms. The van der Waals surface area contributed by atoms with Crippen molar-refractivity contribution in [3.63, 3.8) is 0 Å². The van der Waals surface area contributed by atoms with Gasteiger partial charge in [0.05, 0.1) is 0 Å². The second-order valence-electron chi connectivity index (χ2n) is 9.59. The number of halogens is 1. The predicted octanol–water partition coefficient (Wildman–Crippen LogP) is 8.56. The number of benzene rings is 1. The molecule has 6 heteroatoms. The van der Waals surface area contributed by atoms with E-state index in [9.17, 15) is 9.59 Å². The first-order chi connectivity index (χ1) is 16.9. The van der Waals surface area contributed by atoms with Gasteiger partial charge in [-0.1, -0.05) is 0 Å². The number of ether oxygens (including phenoxy) is 2. The number of hydrogen-bond acceptors (Lipinski definition) is 4. The number of carbonyl (C=O) groups is 2. The molecule has 0 saturated heterocycles. The van der Waals surface area contributed by atoms with Gasteiger partial charge in [0.1, 0.15) is 0 Å². The van der Waals surface area contributed by atoms with E-state index in [4.69, 9.17) is 21.1 Å². The zero-order valence-electron chi connectivity index (χ0n) is 22.4. The minimum absolute atomic E-state index is 0.326. The fourth-order valence-corrected chi connectivity index (χ4v) is 19.0. The van der Waals surface area contributed by atoms with Crippen molar-refractivity contribution in [1.29, 1.82) is 0 Å².